The fourth-order valence-electron chi connectivity index (χ4n) is 3.11. The summed E-state index contributed by atoms with van der Waals surface area (Å²) < 4.78 is 390. The highest BCUT2D eigenvalue weighted by molar-refractivity contribution is 5.21. The Kier molecular flexibility index (Phi) is 11.5. The largest absolute Gasteiger partial charge is 0.460 e. The van der Waals surface area contributed by atoms with Gasteiger partial charge in [-0.15, -0.1) is 0 Å². The van der Waals surface area contributed by atoms with Gasteiger partial charge < -0.3 is 10.4 Å². The van der Waals surface area contributed by atoms with Crippen molar-refractivity contribution in [3.63, 3.8) is 0 Å². The average Bonchev–Trinajstić information content (AvgIpc) is 2.86. The first kappa shape index (κ1) is 46.9. The van der Waals surface area contributed by atoms with Gasteiger partial charge in [0.05, 0.1) is 6.10 Å². The van der Waals surface area contributed by atoms with Crippen LogP contribution in [0.25, 0.3) is 0 Å². The van der Waals surface area contributed by atoms with Crippen molar-refractivity contribution in [2.75, 3.05) is 13.6 Å². The van der Waals surface area contributed by atoms with Gasteiger partial charge in [0.2, 0.25) is 0 Å². The number of halogens is 29. The molecule has 0 aliphatic heterocycles. The van der Waals surface area contributed by atoms with E-state index in [0.717, 1.165) is 0 Å². The Balaban J connectivity index is 7.48. The van der Waals surface area contributed by atoms with E-state index in [2.05, 4.69) is 0 Å². The number of hydrogen-bond acceptors (Lipinski definition) is 2. The van der Waals surface area contributed by atoms with E-state index >= 15 is 0 Å². The molecule has 2 nitrogen and oxygen atoms in total. The van der Waals surface area contributed by atoms with Gasteiger partial charge in [-0.2, -0.15) is 127 Å². The quantitative estimate of drug-likeness (QED) is 0.153. The van der Waals surface area contributed by atoms with E-state index in [1.807, 2.05) is 0 Å². The fraction of sp³-hybridized carbons (Fsp3) is 1.00. The number of hydrogen-bond donors (Lipinski definition) is 2. The maximum atomic E-state index is 13.8. The fourth-order valence-corrected chi connectivity index (χ4v) is 3.11. The standard InChI is InChI=1S/C18H10F29NO/c1-48-3-4(49)2-5(19,20)6(21,22)7(23,24)8(25,26)9(27,28)10(29,30)11(31,32)12(33,34)13(35,36)14(37,38)15(39,40)16(41,42)17(43,44)18(45,46)47/h4,48-49H,2-3H2,1H3. The van der Waals surface area contributed by atoms with Gasteiger partial charge in [-0.25, -0.2) is 0 Å². The molecule has 0 amide bonds. The molecule has 0 aliphatic carbocycles. The topological polar surface area (TPSA) is 32.3 Å². The summed E-state index contributed by atoms with van der Waals surface area (Å²) in [6.07, 6.45) is -14.7. The molecule has 31 heteroatoms. The first-order valence-corrected chi connectivity index (χ1v) is 11.0. The summed E-state index contributed by atoms with van der Waals surface area (Å²) in [5.41, 5.74) is 0. The van der Waals surface area contributed by atoms with Gasteiger partial charge in [-0.1, -0.05) is 0 Å². The van der Waals surface area contributed by atoms with E-state index in [-0.39, 0.29) is 0 Å². The Morgan fingerprint density at radius 3 is 0.714 bits per heavy atom. The molecule has 49 heavy (non-hydrogen) atoms. The molecule has 0 heterocycles. The number of nitrogens with one attached hydrogen (secondary N) is 1. The predicted octanol–water partition coefficient (Wildman–Crippen LogP) is 8.78. The molecular weight excluding hydrogens is 797 g/mol. The summed E-state index contributed by atoms with van der Waals surface area (Å²) in [6.45, 7) is -1.40. The van der Waals surface area contributed by atoms with Crippen molar-refractivity contribution in [1.29, 1.82) is 0 Å². The van der Waals surface area contributed by atoms with Gasteiger partial charge in [0.1, 0.15) is 0 Å². The van der Waals surface area contributed by atoms with Gasteiger partial charge in [0.15, 0.2) is 0 Å². The third-order valence-electron chi connectivity index (χ3n) is 6.08. The molecule has 0 fully saturated rings. The Morgan fingerprint density at radius 1 is 0.347 bits per heavy atom. The predicted molar refractivity (Wildman–Crippen MR) is 94.9 cm³/mol. The van der Waals surface area contributed by atoms with E-state index in [1.165, 1.54) is 0 Å². The van der Waals surface area contributed by atoms with Crippen LogP contribution in [0.4, 0.5) is 127 Å². The molecule has 0 bridgehead atoms. The van der Waals surface area contributed by atoms with Crippen LogP contribution in [0.2, 0.25) is 0 Å². The maximum Gasteiger partial charge on any atom is 0.460 e. The van der Waals surface area contributed by atoms with Crippen LogP contribution in [0, 0.1) is 0 Å². The third-order valence-corrected chi connectivity index (χ3v) is 6.08. The van der Waals surface area contributed by atoms with Crippen molar-refractivity contribution in [3.05, 3.63) is 0 Å². The number of aliphatic hydroxyl groups is 1. The zero-order chi connectivity index (χ0) is 40.7. The summed E-state index contributed by atoms with van der Waals surface area (Å²) in [5.74, 6) is -121. The maximum absolute atomic E-state index is 13.8. The minimum absolute atomic E-state index is 0.657. The second-order valence-electron chi connectivity index (χ2n) is 9.51. The molecule has 1 unspecified atom stereocenters. The van der Waals surface area contributed by atoms with Crippen molar-refractivity contribution in [1.82, 2.24) is 5.32 Å². The van der Waals surface area contributed by atoms with Crippen molar-refractivity contribution in [3.8, 4) is 0 Å². The van der Waals surface area contributed by atoms with E-state index in [0.29, 0.717) is 7.05 Å². The van der Waals surface area contributed by atoms with Crippen LogP contribution < -0.4 is 5.32 Å². The second kappa shape index (κ2) is 12.0. The Hall–Kier alpha value is -2.11. The van der Waals surface area contributed by atoms with E-state index < -0.39 is 102 Å². The lowest BCUT2D eigenvalue weighted by Gasteiger charge is -2.46. The van der Waals surface area contributed by atoms with Gasteiger partial charge in [-0.05, 0) is 7.05 Å². The summed E-state index contributed by atoms with van der Waals surface area (Å²) in [6, 6.07) is 0. The lowest BCUT2D eigenvalue weighted by atomic mass is 9.83. The number of likely N-dealkylation sites (N-methyl/N-ethyl adjacent to an activating group) is 1. The van der Waals surface area contributed by atoms with Crippen LogP contribution in [0.1, 0.15) is 6.42 Å². The second-order valence-corrected chi connectivity index (χ2v) is 9.51. The molecule has 0 rings (SSSR count). The number of aliphatic hydroxyl groups excluding tert-OH is 1. The van der Waals surface area contributed by atoms with Crippen LogP contribution in [0.5, 0.6) is 0 Å². The molecule has 0 saturated heterocycles. The summed E-state index contributed by atoms with van der Waals surface area (Å²) in [5, 5.41) is 10.6. The van der Waals surface area contributed by atoms with E-state index in [9.17, 15) is 127 Å². The molecule has 0 radical (unpaired) electrons. The molecule has 1 atom stereocenters. The first-order chi connectivity index (χ1) is 20.7. The molecule has 0 aromatic heterocycles. The molecule has 0 spiro atoms. The zero-order valence-electron chi connectivity index (χ0n) is 21.9. The van der Waals surface area contributed by atoms with Crippen molar-refractivity contribution < 1.29 is 132 Å². The van der Waals surface area contributed by atoms with Gasteiger partial charge in [0, 0.05) is 13.0 Å². The average molecular weight is 807 g/mol. The zero-order valence-corrected chi connectivity index (χ0v) is 21.9. The monoisotopic (exact) mass is 807 g/mol. The van der Waals surface area contributed by atoms with Crippen LogP contribution in [-0.4, -0.2) is 108 Å². The molecule has 0 aliphatic rings. The van der Waals surface area contributed by atoms with Crippen molar-refractivity contribution in [2.45, 2.75) is 95.7 Å². The highest BCUT2D eigenvalue weighted by Crippen LogP contribution is 2.69. The van der Waals surface area contributed by atoms with Crippen LogP contribution >= 0.6 is 0 Å². The third kappa shape index (κ3) is 5.85. The Labute approximate surface area is 248 Å². The summed E-state index contributed by atoms with van der Waals surface area (Å²) in [7, 11) is 0.657. The SMILES string of the molecule is CNCC(O)CC(F)(F)C(F)(F)C(F)(F)C(F)(F)C(F)(F)C(F)(F)C(F)(F)C(F)(F)C(F)(F)C(F)(F)C(F)(F)C(F)(F)C(F)(F)C(F)(F)F. The van der Waals surface area contributed by atoms with Crippen molar-refractivity contribution in [2.24, 2.45) is 0 Å². The Bertz CT molecular complexity index is 1170. The van der Waals surface area contributed by atoms with E-state index in [1.54, 1.807) is 5.32 Å². The minimum Gasteiger partial charge on any atom is -0.392 e. The number of rotatable bonds is 16. The van der Waals surface area contributed by atoms with Gasteiger partial charge in [-0.3, -0.25) is 0 Å². The summed E-state index contributed by atoms with van der Waals surface area (Å²) in [4.78, 5) is 0. The van der Waals surface area contributed by atoms with Crippen molar-refractivity contribution >= 4 is 0 Å². The number of alkyl halides is 29. The lowest BCUT2D eigenvalue weighted by Crippen LogP contribution is -2.79. The Morgan fingerprint density at radius 2 is 0.531 bits per heavy atom. The highest BCUT2D eigenvalue weighted by Gasteiger charge is 3.00. The summed E-state index contributed by atoms with van der Waals surface area (Å²) >= 11 is 0. The van der Waals surface area contributed by atoms with Crippen LogP contribution in [0.15, 0.2) is 0 Å². The van der Waals surface area contributed by atoms with Crippen LogP contribution in [0.3, 0.4) is 0 Å². The van der Waals surface area contributed by atoms with Gasteiger partial charge in [0.25, 0.3) is 0 Å². The normalized spacial score (nSPS) is 17.4. The molecular formula is C18H10F29NO. The molecule has 0 aromatic carbocycles. The minimum atomic E-state index is -9.95. The molecule has 2 N–H and O–H groups in total. The molecule has 0 aromatic rings. The lowest BCUT2D eigenvalue weighted by molar-refractivity contribution is -0.487. The molecule has 0 saturated carbocycles. The first-order valence-electron chi connectivity index (χ1n) is 11.0. The van der Waals surface area contributed by atoms with Gasteiger partial charge >= 0.3 is 83.2 Å². The van der Waals surface area contributed by atoms with E-state index in [4.69, 9.17) is 5.11 Å². The molecule has 296 valence electrons. The smallest absolute Gasteiger partial charge is 0.392 e. The van der Waals surface area contributed by atoms with Crippen LogP contribution in [-0.2, 0) is 0 Å². The highest BCUT2D eigenvalue weighted by atomic mass is 19.4.